The van der Waals surface area contributed by atoms with E-state index in [0.717, 1.165) is 0 Å². The van der Waals surface area contributed by atoms with Crippen LogP contribution in [0.1, 0.15) is 5.56 Å². The maximum Gasteiger partial charge on any atom is 0.323 e. The molecule has 0 unspecified atom stereocenters. The van der Waals surface area contributed by atoms with Crippen molar-refractivity contribution in [3.63, 3.8) is 0 Å². The van der Waals surface area contributed by atoms with Gasteiger partial charge in [-0.05, 0) is 36.4 Å². The summed E-state index contributed by atoms with van der Waals surface area (Å²) in [6, 6.07) is 24.8. The van der Waals surface area contributed by atoms with Gasteiger partial charge in [-0.25, -0.2) is 4.79 Å². The first-order valence-electron chi connectivity index (χ1n) is 7.65. The zero-order valence-electron chi connectivity index (χ0n) is 13.3. The van der Waals surface area contributed by atoms with Crippen LogP contribution in [0.15, 0.2) is 78.9 Å². The molecule has 25 heavy (non-hydrogen) atoms. The summed E-state index contributed by atoms with van der Waals surface area (Å²) in [6.45, 7) is 0. The first kappa shape index (κ1) is 16.1. The summed E-state index contributed by atoms with van der Waals surface area (Å²) in [4.78, 5) is 12.3. The third-order valence-electron chi connectivity index (χ3n) is 3.40. The summed E-state index contributed by atoms with van der Waals surface area (Å²) in [5.74, 6) is 1.20. The molecule has 0 saturated heterocycles. The van der Waals surface area contributed by atoms with Gasteiger partial charge in [0.15, 0.2) is 5.75 Å². The summed E-state index contributed by atoms with van der Waals surface area (Å²) >= 11 is 0. The lowest BCUT2D eigenvalue weighted by molar-refractivity contribution is 0.262. The Kier molecular flexibility index (Phi) is 4.93. The number of nitrogens with one attached hydrogen (secondary N) is 2. The number of ether oxygens (including phenoxy) is 1. The van der Waals surface area contributed by atoms with Crippen molar-refractivity contribution in [1.82, 2.24) is 0 Å². The van der Waals surface area contributed by atoms with Crippen molar-refractivity contribution in [3.8, 4) is 17.6 Å². The fraction of sp³-hybridized carbons (Fsp3) is 0. The van der Waals surface area contributed by atoms with Gasteiger partial charge in [0.2, 0.25) is 0 Å². The third-order valence-corrected chi connectivity index (χ3v) is 3.40. The topological polar surface area (TPSA) is 74.2 Å². The molecule has 0 atom stereocenters. The number of hydrogen-bond acceptors (Lipinski definition) is 3. The minimum atomic E-state index is -0.452. The van der Waals surface area contributed by atoms with Gasteiger partial charge in [-0.15, -0.1) is 0 Å². The van der Waals surface area contributed by atoms with E-state index in [4.69, 9.17) is 10.00 Å². The number of amides is 2. The number of para-hydroxylation sites is 4. The quantitative estimate of drug-likeness (QED) is 0.708. The molecule has 0 aromatic heterocycles. The number of urea groups is 1. The first-order valence-corrected chi connectivity index (χ1v) is 7.65. The lowest BCUT2D eigenvalue weighted by Crippen LogP contribution is -2.20. The fourth-order valence-electron chi connectivity index (χ4n) is 2.24. The van der Waals surface area contributed by atoms with Crippen LogP contribution >= 0.6 is 0 Å². The lowest BCUT2D eigenvalue weighted by atomic mass is 10.2. The number of rotatable bonds is 4. The van der Waals surface area contributed by atoms with Crippen LogP contribution in [0.2, 0.25) is 0 Å². The number of nitriles is 1. The highest BCUT2D eigenvalue weighted by Crippen LogP contribution is 2.29. The van der Waals surface area contributed by atoms with Crippen molar-refractivity contribution in [1.29, 1.82) is 5.26 Å². The zero-order valence-corrected chi connectivity index (χ0v) is 13.3. The van der Waals surface area contributed by atoms with E-state index in [1.54, 1.807) is 42.5 Å². The number of carbonyl (C=O) groups excluding carboxylic acids is 1. The van der Waals surface area contributed by atoms with E-state index in [9.17, 15) is 4.79 Å². The number of hydrogen-bond donors (Lipinski definition) is 2. The van der Waals surface area contributed by atoms with E-state index in [1.807, 2.05) is 42.5 Å². The minimum absolute atomic E-state index is 0.395. The summed E-state index contributed by atoms with van der Waals surface area (Å²) in [5.41, 5.74) is 1.37. The van der Waals surface area contributed by atoms with E-state index in [-0.39, 0.29) is 0 Å². The van der Waals surface area contributed by atoms with E-state index >= 15 is 0 Å². The Morgan fingerprint density at radius 1 is 0.800 bits per heavy atom. The minimum Gasteiger partial charge on any atom is -0.455 e. The molecule has 0 heterocycles. The van der Waals surface area contributed by atoms with Crippen molar-refractivity contribution in [2.24, 2.45) is 0 Å². The Morgan fingerprint density at radius 3 is 2.16 bits per heavy atom. The second-order valence-electron chi connectivity index (χ2n) is 5.15. The molecule has 3 rings (SSSR count). The second kappa shape index (κ2) is 7.66. The Labute approximate surface area is 145 Å². The molecule has 0 aliphatic rings. The van der Waals surface area contributed by atoms with Gasteiger partial charge in [0.05, 0.1) is 16.9 Å². The van der Waals surface area contributed by atoms with Crippen molar-refractivity contribution in [2.45, 2.75) is 0 Å². The largest absolute Gasteiger partial charge is 0.455 e. The van der Waals surface area contributed by atoms with Crippen LogP contribution in [0, 0.1) is 11.3 Å². The predicted octanol–water partition coefficient (Wildman–Crippen LogP) is 4.99. The van der Waals surface area contributed by atoms with Crippen LogP contribution in [0.5, 0.6) is 11.5 Å². The molecular formula is C20H15N3O2. The molecule has 3 aromatic rings. The van der Waals surface area contributed by atoms with Gasteiger partial charge >= 0.3 is 6.03 Å². The molecule has 0 saturated carbocycles. The molecule has 2 N–H and O–H groups in total. The van der Waals surface area contributed by atoms with Crippen molar-refractivity contribution in [3.05, 3.63) is 84.4 Å². The highest BCUT2D eigenvalue weighted by molar-refractivity contribution is 6.01. The fourth-order valence-corrected chi connectivity index (χ4v) is 2.24. The zero-order chi connectivity index (χ0) is 17.5. The lowest BCUT2D eigenvalue weighted by Gasteiger charge is -2.13. The summed E-state index contributed by atoms with van der Waals surface area (Å²) in [5, 5.41) is 14.5. The molecule has 0 radical (unpaired) electrons. The Morgan fingerprint density at radius 2 is 1.40 bits per heavy atom. The Balaban J connectivity index is 1.75. The van der Waals surface area contributed by atoms with Crippen LogP contribution in [0.3, 0.4) is 0 Å². The molecule has 2 amide bonds. The van der Waals surface area contributed by atoms with Gasteiger partial charge in [0.1, 0.15) is 11.8 Å². The van der Waals surface area contributed by atoms with Gasteiger partial charge in [-0.2, -0.15) is 5.26 Å². The van der Waals surface area contributed by atoms with Crippen LogP contribution in [-0.4, -0.2) is 6.03 Å². The SMILES string of the molecule is N#Cc1ccccc1NC(=O)Nc1ccccc1Oc1ccccc1. The van der Waals surface area contributed by atoms with E-state index in [1.165, 1.54) is 0 Å². The molecule has 0 bridgehead atoms. The highest BCUT2D eigenvalue weighted by Gasteiger charge is 2.10. The normalized spacial score (nSPS) is 9.72. The van der Waals surface area contributed by atoms with Crippen LogP contribution in [0.25, 0.3) is 0 Å². The standard InChI is InChI=1S/C20H15N3O2/c21-14-15-8-4-5-11-17(15)22-20(24)23-18-12-6-7-13-19(18)25-16-9-2-1-3-10-16/h1-13H,(H2,22,23,24). The monoisotopic (exact) mass is 329 g/mol. The van der Waals surface area contributed by atoms with E-state index < -0.39 is 6.03 Å². The average molecular weight is 329 g/mol. The van der Waals surface area contributed by atoms with Gasteiger partial charge < -0.3 is 15.4 Å². The van der Waals surface area contributed by atoms with E-state index in [0.29, 0.717) is 28.4 Å². The number of anilines is 2. The number of carbonyl (C=O) groups is 1. The molecule has 0 aliphatic carbocycles. The molecule has 5 nitrogen and oxygen atoms in total. The Hall–Kier alpha value is -3.78. The van der Waals surface area contributed by atoms with Crippen LogP contribution in [-0.2, 0) is 0 Å². The third kappa shape index (κ3) is 4.15. The van der Waals surface area contributed by atoms with Crippen LogP contribution in [0.4, 0.5) is 16.2 Å². The molecule has 122 valence electrons. The van der Waals surface area contributed by atoms with Gasteiger partial charge in [-0.3, -0.25) is 0 Å². The van der Waals surface area contributed by atoms with Crippen molar-refractivity contribution < 1.29 is 9.53 Å². The number of benzene rings is 3. The van der Waals surface area contributed by atoms with Gasteiger partial charge in [0, 0.05) is 0 Å². The summed E-state index contributed by atoms with van der Waals surface area (Å²) in [7, 11) is 0. The predicted molar refractivity (Wildman–Crippen MR) is 96.8 cm³/mol. The first-order chi connectivity index (χ1) is 12.3. The van der Waals surface area contributed by atoms with Gasteiger partial charge in [-0.1, -0.05) is 42.5 Å². The second-order valence-corrected chi connectivity index (χ2v) is 5.15. The van der Waals surface area contributed by atoms with E-state index in [2.05, 4.69) is 10.6 Å². The van der Waals surface area contributed by atoms with Crippen LogP contribution < -0.4 is 15.4 Å². The maximum atomic E-state index is 12.3. The average Bonchev–Trinajstić information content (AvgIpc) is 2.64. The molecule has 3 aromatic carbocycles. The molecule has 5 heteroatoms. The molecule has 0 fully saturated rings. The molecule has 0 aliphatic heterocycles. The Bertz CT molecular complexity index is 917. The molecule has 0 spiro atoms. The van der Waals surface area contributed by atoms with Gasteiger partial charge in [0.25, 0.3) is 0 Å². The van der Waals surface area contributed by atoms with Crippen molar-refractivity contribution in [2.75, 3.05) is 10.6 Å². The summed E-state index contributed by atoms with van der Waals surface area (Å²) < 4.78 is 5.81. The summed E-state index contributed by atoms with van der Waals surface area (Å²) in [6.07, 6.45) is 0. The number of nitrogens with zero attached hydrogens (tertiary/aromatic N) is 1. The highest BCUT2D eigenvalue weighted by atomic mass is 16.5. The maximum absolute atomic E-state index is 12.3. The molecular weight excluding hydrogens is 314 g/mol. The smallest absolute Gasteiger partial charge is 0.323 e. The van der Waals surface area contributed by atoms with Crippen molar-refractivity contribution >= 4 is 17.4 Å².